The highest BCUT2D eigenvalue weighted by Crippen LogP contribution is 2.36. The Morgan fingerprint density at radius 2 is 2.04 bits per heavy atom. The average molecular weight is 387 g/mol. The van der Waals surface area contributed by atoms with Crippen LogP contribution in [0.25, 0.3) is 11.1 Å². The molecular formula is C20H23N2O6. The molecule has 1 atom stereocenters. The average Bonchev–Trinajstić information content (AvgIpc) is 3.16. The van der Waals surface area contributed by atoms with Gasteiger partial charge >= 0.3 is 5.97 Å². The van der Waals surface area contributed by atoms with Crippen molar-refractivity contribution in [3.63, 3.8) is 0 Å². The Bertz CT molecular complexity index is 824. The van der Waals surface area contributed by atoms with Crippen molar-refractivity contribution in [1.29, 1.82) is 0 Å². The van der Waals surface area contributed by atoms with Crippen LogP contribution in [0, 0.1) is 6.92 Å². The van der Waals surface area contributed by atoms with Gasteiger partial charge in [-0.05, 0) is 6.92 Å². The molecule has 3 rings (SSSR count). The number of carbonyl (C=O) groups excluding carboxylic acids is 3. The number of nitrogens with one attached hydrogen (secondary N) is 1. The molecule has 1 fully saturated rings. The van der Waals surface area contributed by atoms with Gasteiger partial charge in [-0.2, -0.15) is 0 Å². The van der Waals surface area contributed by atoms with Crippen molar-refractivity contribution in [2.45, 2.75) is 25.8 Å². The SMILES string of the molecule is [CH2]Cc1occ2cccc-2c1OC(=O)CC(NC(C)=O)C(=O)N1CCOCC1. The summed E-state index contributed by atoms with van der Waals surface area (Å²) in [5.74, 6) is -0.639. The van der Waals surface area contributed by atoms with Crippen molar-refractivity contribution >= 4 is 17.8 Å². The number of carbonyl (C=O) groups is 3. The summed E-state index contributed by atoms with van der Waals surface area (Å²) >= 11 is 0. The molecule has 3 aliphatic rings. The number of nitrogens with zero attached hydrogens (tertiary/aromatic N) is 1. The third-order valence-electron chi connectivity index (χ3n) is 4.49. The molecule has 0 aromatic carbocycles. The zero-order chi connectivity index (χ0) is 20.1. The van der Waals surface area contributed by atoms with E-state index in [9.17, 15) is 14.4 Å². The molecule has 2 heterocycles. The molecule has 0 saturated carbocycles. The predicted molar refractivity (Wildman–Crippen MR) is 99.6 cm³/mol. The van der Waals surface area contributed by atoms with Gasteiger partial charge < -0.3 is 24.1 Å². The van der Waals surface area contributed by atoms with E-state index in [1.807, 2.05) is 18.2 Å². The molecule has 1 radical (unpaired) electrons. The maximum absolute atomic E-state index is 12.7. The van der Waals surface area contributed by atoms with Crippen LogP contribution >= 0.6 is 0 Å². The second-order valence-electron chi connectivity index (χ2n) is 6.50. The number of amides is 2. The van der Waals surface area contributed by atoms with Crippen LogP contribution in [0.15, 0.2) is 28.9 Å². The lowest BCUT2D eigenvalue weighted by Crippen LogP contribution is -2.52. The Morgan fingerprint density at radius 3 is 2.71 bits per heavy atom. The highest BCUT2D eigenvalue weighted by Gasteiger charge is 2.30. The fourth-order valence-electron chi connectivity index (χ4n) is 3.14. The maximum Gasteiger partial charge on any atom is 0.313 e. The summed E-state index contributed by atoms with van der Waals surface area (Å²) in [4.78, 5) is 38.4. The molecule has 1 saturated heterocycles. The summed E-state index contributed by atoms with van der Waals surface area (Å²) in [6.07, 6.45) is 1.59. The lowest BCUT2D eigenvalue weighted by Gasteiger charge is -2.30. The smallest absolute Gasteiger partial charge is 0.313 e. The van der Waals surface area contributed by atoms with E-state index in [1.165, 1.54) is 6.92 Å². The van der Waals surface area contributed by atoms with Crippen LogP contribution in [0.5, 0.6) is 5.75 Å². The first-order valence-electron chi connectivity index (χ1n) is 9.12. The van der Waals surface area contributed by atoms with Gasteiger partial charge in [-0.25, -0.2) is 0 Å². The number of ether oxygens (including phenoxy) is 2. The fourth-order valence-corrected chi connectivity index (χ4v) is 3.14. The number of hydrogen-bond acceptors (Lipinski definition) is 6. The standard InChI is InChI=1S/C20H23N2O6/c1-3-17-19(15-6-4-5-14(15)12-27-17)28-18(24)11-16(21-13(2)23)20(25)22-7-9-26-10-8-22/h4-6,12,16H,1,3,7-11H2,2H3,(H,21,23). The van der Waals surface area contributed by atoms with Gasteiger partial charge in [-0.3, -0.25) is 14.4 Å². The fraction of sp³-hybridized carbons (Fsp3) is 0.400. The van der Waals surface area contributed by atoms with E-state index < -0.39 is 17.9 Å². The van der Waals surface area contributed by atoms with Gasteiger partial charge in [0.25, 0.3) is 0 Å². The minimum absolute atomic E-state index is 0.288. The molecule has 1 unspecified atom stereocenters. The van der Waals surface area contributed by atoms with Crippen molar-refractivity contribution in [3.05, 3.63) is 37.1 Å². The van der Waals surface area contributed by atoms with Crippen LogP contribution in [0.3, 0.4) is 0 Å². The Balaban J connectivity index is 1.74. The molecule has 2 aliphatic heterocycles. The monoisotopic (exact) mass is 387 g/mol. The van der Waals surface area contributed by atoms with Crippen molar-refractivity contribution in [1.82, 2.24) is 10.2 Å². The molecule has 149 valence electrons. The minimum Gasteiger partial charge on any atom is -0.465 e. The van der Waals surface area contributed by atoms with Crippen LogP contribution in [0.4, 0.5) is 0 Å². The quantitative estimate of drug-likeness (QED) is 0.753. The van der Waals surface area contributed by atoms with Gasteiger partial charge in [0.2, 0.25) is 11.8 Å². The first kappa shape index (κ1) is 19.9. The third kappa shape index (κ3) is 4.51. The number of esters is 1. The summed E-state index contributed by atoms with van der Waals surface area (Å²) in [5.41, 5.74) is 1.52. The van der Waals surface area contributed by atoms with Crippen LogP contribution in [0.2, 0.25) is 0 Å². The molecule has 28 heavy (non-hydrogen) atoms. The lowest BCUT2D eigenvalue weighted by atomic mass is 10.1. The van der Waals surface area contributed by atoms with E-state index in [0.29, 0.717) is 44.2 Å². The molecule has 1 N–H and O–H groups in total. The van der Waals surface area contributed by atoms with Crippen molar-refractivity contribution in [2.24, 2.45) is 0 Å². The van der Waals surface area contributed by atoms with Crippen LogP contribution in [-0.4, -0.2) is 55.0 Å². The predicted octanol–water partition coefficient (Wildman–Crippen LogP) is 1.42. The van der Waals surface area contributed by atoms with Crippen molar-refractivity contribution in [3.8, 4) is 16.9 Å². The van der Waals surface area contributed by atoms with Gasteiger partial charge in [0.05, 0.1) is 25.9 Å². The summed E-state index contributed by atoms with van der Waals surface area (Å²) in [6, 6.07) is 4.48. The number of hydrogen-bond donors (Lipinski definition) is 1. The summed E-state index contributed by atoms with van der Waals surface area (Å²) < 4.78 is 16.3. The second kappa shape index (κ2) is 8.88. The second-order valence-corrected chi connectivity index (χ2v) is 6.50. The van der Waals surface area contributed by atoms with E-state index >= 15 is 0 Å². The largest absolute Gasteiger partial charge is 0.465 e. The van der Waals surface area contributed by atoms with Gasteiger partial charge in [0.1, 0.15) is 11.8 Å². The molecule has 0 aromatic heterocycles. The number of fused-ring (bicyclic) bond motifs is 1. The van der Waals surface area contributed by atoms with E-state index in [4.69, 9.17) is 13.9 Å². The summed E-state index contributed by atoms with van der Waals surface area (Å²) in [7, 11) is 0. The van der Waals surface area contributed by atoms with E-state index in [0.717, 1.165) is 11.1 Å². The lowest BCUT2D eigenvalue weighted by molar-refractivity contribution is -0.144. The number of rotatable bonds is 6. The molecule has 0 aromatic rings. The van der Waals surface area contributed by atoms with E-state index in [2.05, 4.69) is 12.2 Å². The van der Waals surface area contributed by atoms with E-state index in [-0.39, 0.29) is 12.3 Å². The van der Waals surface area contributed by atoms with Gasteiger partial charge in [0, 0.05) is 37.6 Å². The first-order chi connectivity index (χ1) is 13.5. The number of morpholine rings is 1. The minimum atomic E-state index is -0.998. The molecule has 0 bridgehead atoms. The topological polar surface area (TPSA) is 98.1 Å². The van der Waals surface area contributed by atoms with Crippen LogP contribution < -0.4 is 10.1 Å². The highest BCUT2D eigenvalue weighted by molar-refractivity contribution is 5.91. The Hall–Kier alpha value is -2.87. The molecule has 0 spiro atoms. The van der Waals surface area contributed by atoms with E-state index in [1.54, 1.807) is 11.2 Å². The van der Waals surface area contributed by atoms with Crippen LogP contribution in [-0.2, 0) is 25.5 Å². The van der Waals surface area contributed by atoms with Gasteiger partial charge in [-0.15, -0.1) is 0 Å². The summed E-state index contributed by atoms with van der Waals surface area (Å²) in [5, 5.41) is 2.55. The Morgan fingerprint density at radius 1 is 1.29 bits per heavy atom. The third-order valence-corrected chi connectivity index (χ3v) is 4.49. The van der Waals surface area contributed by atoms with Gasteiger partial charge in [-0.1, -0.05) is 18.2 Å². The maximum atomic E-state index is 12.7. The zero-order valence-electron chi connectivity index (χ0n) is 15.7. The van der Waals surface area contributed by atoms with Gasteiger partial charge in [0.15, 0.2) is 5.75 Å². The summed E-state index contributed by atoms with van der Waals surface area (Å²) in [6.45, 7) is 6.78. The highest BCUT2D eigenvalue weighted by atomic mass is 16.5. The first-order valence-corrected chi connectivity index (χ1v) is 9.12. The van der Waals surface area contributed by atoms with Crippen molar-refractivity contribution in [2.75, 3.05) is 26.3 Å². The Kier molecular flexibility index (Phi) is 6.30. The molecule has 8 heteroatoms. The molecule has 2 amide bonds. The molecule has 1 aliphatic carbocycles. The van der Waals surface area contributed by atoms with Crippen molar-refractivity contribution < 1.29 is 28.3 Å². The molecular weight excluding hydrogens is 364 g/mol. The zero-order valence-corrected chi connectivity index (χ0v) is 15.7. The normalized spacial score (nSPS) is 15.3. The molecule has 8 nitrogen and oxygen atoms in total. The van der Waals surface area contributed by atoms with Crippen LogP contribution in [0.1, 0.15) is 19.1 Å². The Labute approximate surface area is 163 Å².